The molecule has 0 saturated carbocycles. The lowest BCUT2D eigenvalue weighted by Gasteiger charge is -2.21. The standard InChI is InChI=1S/C14H22N4O2S/c1-4-18-14-8-6-5-7-11(14)13(17-18)9-12(16-15)10(2)21(3,19)20/h5-8,10,12,16H,4,9,15H2,1-3H3. The van der Waals surface area contributed by atoms with Crippen molar-refractivity contribution < 1.29 is 8.42 Å². The number of benzene rings is 1. The number of aryl methyl sites for hydroxylation is 1. The Morgan fingerprint density at radius 2 is 2.05 bits per heavy atom. The van der Waals surface area contributed by atoms with Crippen LogP contribution >= 0.6 is 0 Å². The van der Waals surface area contributed by atoms with E-state index in [2.05, 4.69) is 10.5 Å². The van der Waals surface area contributed by atoms with Gasteiger partial charge in [-0.1, -0.05) is 18.2 Å². The minimum atomic E-state index is -3.16. The molecule has 1 heterocycles. The Balaban J connectivity index is 2.38. The summed E-state index contributed by atoms with van der Waals surface area (Å²) < 4.78 is 25.4. The van der Waals surface area contributed by atoms with Crippen LogP contribution in [0, 0.1) is 0 Å². The summed E-state index contributed by atoms with van der Waals surface area (Å²) in [5, 5.41) is 5.05. The predicted octanol–water partition coefficient (Wildman–Crippen LogP) is 0.864. The average molecular weight is 310 g/mol. The zero-order valence-electron chi connectivity index (χ0n) is 12.6. The fourth-order valence-electron chi connectivity index (χ4n) is 2.46. The molecule has 3 N–H and O–H groups in total. The predicted molar refractivity (Wildman–Crippen MR) is 84.5 cm³/mol. The summed E-state index contributed by atoms with van der Waals surface area (Å²) in [6.07, 6.45) is 1.70. The van der Waals surface area contributed by atoms with Gasteiger partial charge in [-0.25, -0.2) is 8.42 Å². The molecule has 2 unspecified atom stereocenters. The maximum absolute atomic E-state index is 11.7. The van der Waals surface area contributed by atoms with Gasteiger partial charge in [0.1, 0.15) is 0 Å². The number of nitrogens with two attached hydrogens (primary N) is 1. The van der Waals surface area contributed by atoms with Crippen LogP contribution in [0.3, 0.4) is 0 Å². The van der Waals surface area contributed by atoms with E-state index in [0.29, 0.717) is 6.42 Å². The highest BCUT2D eigenvalue weighted by molar-refractivity contribution is 7.91. The van der Waals surface area contributed by atoms with Gasteiger partial charge in [-0.05, 0) is 19.9 Å². The minimum Gasteiger partial charge on any atom is -0.271 e. The second-order valence-electron chi connectivity index (χ2n) is 5.29. The summed E-state index contributed by atoms with van der Waals surface area (Å²) >= 11 is 0. The van der Waals surface area contributed by atoms with Crippen LogP contribution in [0.15, 0.2) is 24.3 Å². The third-order valence-corrected chi connectivity index (χ3v) is 5.58. The van der Waals surface area contributed by atoms with E-state index in [4.69, 9.17) is 5.84 Å². The van der Waals surface area contributed by atoms with Crippen LogP contribution in [0.1, 0.15) is 19.5 Å². The molecular formula is C14H22N4O2S. The van der Waals surface area contributed by atoms with Gasteiger partial charge in [0.25, 0.3) is 0 Å². The van der Waals surface area contributed by atoms with E-state index in [1.165, 1.54) is 6.26 Å². The third-order valence-electron chi connectivity index (χ3n) is 3.90. The zero-order valence-corrected chi connectivity index (χ0v) is 13.4. The number of nitrogens with zero attached hydrogens (tertiary/aromatic N) is 2. The average Bonchev–Trinajstić information content (AvgIpc) is 2.81. The monoisotopic (exact) mass is 310 g/mol. The molecule has 0 bridgehead atoms. The Morgan fingerprint density at radius 3 is 2.62 bits per heavy atom. The van der Waals surface area contributed by atoms with Crippen molar-refractivity contribution in [1.82, 2.24) is 15.2 Å². The fraction of sp³-hybridized carbons (Fsp3) is 0.500. The van der Waals surface area contributed by atoms with Crippen molar-refractivity contribution in [3.05, 3.63) is 30.0 Å². The molecule has 0 aliphatic rings. The van der Waals surface area contributed by atoms with E-state index in [1.54, 1.807) is 6.92 Å². The van der Waals surface area contributed by atoms with Crippen LogP contribution in [-0.4, -0.2) is 35.7 Å². The Morgan fingerprint density at radius 1 is 1.38 bits per heavy atom. The van der Waals surface area contributed by atoms with Gasteiger partial charge in [-0.2, -0.15) is 5.10 Å². The smallest absolute Gasteiger partial charge is 0.151 e. The lowest BCUT2D eigenvalue weighted by Crippen LogP contribution is -2.47. The first-order valence-corrected chi connectivity index (χ1v) is 8.93. The van der Waals surface area contributed by atoms with Gasteiger partial charge in [0, 0.05) is 30.6 Å². The molecular weight excluding hydrogens is 288 g/mol. The highest BCUT2D eigenvalue weighted by Gasteiger charge is 2.26. The van der Waals surface area contributed by atoms with Crippen molar-refractivity contribution >= 4 is 20.7 Å². The molecule has 2 rings (SSSR count). The first kappa shape index (κ1) is 15.9. The lowest BCUT2D eigenvalue weighted by atomic mass is 10.1. The number of nitrogens with one attached hydrogen (secondary N) is 1. The van der Waals surface area contributed by atoms with Gasteiger partial charge < -0.3 is 0 Å². The maximum Gasteiger partial charge on any atom is 0.151 e. The molecule has 0 radical (unpaired) electrons. The SMILES string of the molecule is CCn1nc(CC(NN)C(C)S(C)(=O)=O)c2ccccc21. The summed E-state index contributed by atoms with van der Waals surface area (Å²) in [7, 11) is -3.16. The molecule has 2 atom stereocenters. The summed E-state index contributed by atoms with van der Waals surface area (Å²) in [4.78, 5) is 0. The Bertz CT molecular complexity index is 724. The molecule has 0 saturated heterocycles. The fourth-order valence-corrected chi connectivity index (χ4v) is 3.23. The van der Waals surface area contributed by atoms with Crippen LogP contribution in [0.25, 0.3) is 10.9 Å². The minimum absolute atomic E-state index is 0.372. The normalized spacial score (nSPS) is 15.2. The number of rotatable bonds is 6. The van der Waals surface area contributed by atoms with Crippen LogP contribution in [0.2, 0.25) is 0 Å². The van der Waals surface area contributed by atoms with E-state index < -0.39 is 15.1 Å². The molecule has 0 aliphatic carbocycles. The molecule has 0 aliphatic heterocycles. The van der Waals surface area contributed by atoms with Crippen molar-refractivity contribution in [2.75, 3.05) is 6.26 Å². The maximum atomic E-state index is 11.7. The second-order valence-corrected chi connectivity index (χ2v) is 7.69. The molecule has 116 valence electrons. The molecule has 6 nitrogen and oxygen atoms in total. The van der Waals surface area contributed by atoms with Gasteiger partial charge >= 0.3 is 0 Å². The summed E-state index contributed by atoms with van der Waals surface area (Å²) in [6, 6.07) is 7.57. The molecule has 0 spiro atoms. The first-order chi connectivity index (χ1) is 9.88. The highest BCUT2D eigenvalue weighted by atomic mass is 32.2. The molecule has 0 amide bonds. The summed E-state index contributed by atoms with van der Waals surface area (Å²) in [5.74, 6) is 5.55. The Labute approximate surface area is 125 Å². The van der Waals surface area contributed by atoms with Crippen LogP contribution < -0.4 is 11.3 Å². The summed E-state index contributed by atoms with van der Waals surface area (Å²) in [5.41, 5.74) is 4.54. The van der Waals surface area contributed by atoms with Crippen LogP contribution in [0.5, 0.6) is 0 Å². The molecule has 1 aromatic heterocycles. The van der Waals surface area contributed by atoms with Gasteiger partial charge in [-0.15, -0.1) is 0 Å². The number of fused-ring (bicyclic) bond motifs is 1. The number of hydrogen-bond donors (Lipinski definition) is 2. The molecule has 0 fully saturated rings. The number of para-hydroxylation sites is 1. The Kier molecular flexibility index (Phi) is 4.65. The molecule has 1 aromatic carbocycles. The van der Waals surface area contributed by atoms with Crippen molar-refractivity contribution in [3.8, 4) is 0 Å². The van der Waals surface area contributed by atoms with E-state index in [-0.39, 0.29) is 6.04 Å². The van der Waals surface area contributed by atoms with Crippen molar-refractivity contribution in [1.29, 1.82) is 0 Å². The van der Waals surface area contributed by atoms with E-state index >= 15 is 0 Å². The zero-order chi connectivity index (χ0) is 15.6. The van der Waals surface area contributed by atoms with Crippen LogP contribution in [0.4, 0.5) is 0 Å². The molecule has 21 heavy (non-hydrogen) atoms. The van der Waals surface area contributed by atoms with E-state index in [0.717, 1.165) is 23.1 Å². The number of hydrogen-bond acceptors (Lipinski definition) is 5. The lowest BCUT2D eigenvalue weighted by molar-refractivity contribution is 0.488. The topological polar surface area (TPSA) is 90.0 Å². The van der Waals surface area contributed by atoms with Gasteiger partial charge in [-0.3, -0.25) is 16.0 Å². The van der Waals surface area contributed by atoms with Crippen molar-refractivity contribution in [2.45, 2.75) is 38.1 Å². The van der Waals surface area contributed by atoms with Gasteiger partial charge in [0.05, 0.1) is 16.5 Å². The molecule has 7 heteroatoms. The second kappa shape index (κ2) is 6.13. The van der Waals surface area contributed by atoms with Crippen LogP contribution in [-0.2, 0) is 22.8 Å². The van der Waals surface area contributed by atoms with Gasteiger partial charge in [0.2, 0.25) is 0 Å². The quantitative estimate of drug-likeness (QED) is 0.610. The van der Waals surface area contributed by atoms with E-state index in [1.807, 2.05) is 35.9 Å². The number of sulfone groups is 1. The van der Waals surface area contributed by atoms with Gasteiger partial charge in [0.15, 0.2) is 9.84 Å². The van der Waals surface area contributed by atoms with Crippen molar-refractivity contribution in [2.24, 2.45) is 5.84 Å². The van der Waals surface area contributed by atoms with E-state index in [9.17, 15) is 8.42 Å². The largest absolute Gasteiger partial charge is 0.271 e. The van der Waals surface area contributed by atoms with Crippen molar-refractivity contribution in [3.63, 3.8) is 0 Å². The highest BCUT2D eigenvalue weighted by Crippen LogP contribution is 2.21. The first-order valence-electron chi connectivity index (χ1n) is 6.98. The Hall–Kier alpha value is -1.44. The number of aromatic nitrogens is 2. The summed E-state index contributed by atoms with van der Waals surface area (Å²) in [6.45, 7) is 4.46. The third kappa shape index (κ3) is 3.25. The molecule has 2 aromatic rings. The number of hydrazine groups is 1.